The second kappa shape index (κ2) is 4.67. The molecule has 2 nitrogen and oxygen atoms in total. The molecule has 0 bridgehead atoms. The minimum atomic E-state index is -0.443. The minimum absolute atomic E-state index is 0.354. The summed E-state index contributed by atoms with van der Waals surface area (Å²) in [6.45, 7) is 1.89. The number of aryl methyl sites for hydroxylation is 1. The van der Waals surface area contributed by atoms with Crippen LogP contribution in [0, 0.1) is 6.92 Å². The Bertz CT molecular complexity index is 361. The van der Waals surface area contributed by atoms with Crippen LogP contribution in [0.3, 0.4) is 0 Å². The lowest BCUT2D eigenvalue weighted by Gasteiger charge is -2.07. The van der Waals surface area contributed by atoms with E-state index < -0.39 is 5.97 Å². The molecule has 0 amide bonds. The molecule has 1 aromatic rings. The number of carbonyl (C=O) groups excluding carboxylic acids is 1. The van der Waals surface area contributed by atoms with Crippen LogP contribution in [0.15, 0.2) is 12.1 Å². The first kappa shape index (κ1) is 11.3. The van der Waals surface area contributed by atoms with E-state index in [1.807, 2.05) is 6.92 Å². The SMILES string of the molecule is COC(=O)c1cc(CCl)c(C)cc1Cl. The van der Waals surface area contributed by atoms with Crippen molar-refractivity contribution < 1.29 is 9.53 Å². The molecular formula is C10H10Cl2O2. The van der Waals surface area contributed by atoms with Crippen molar-refractivity contribution >= 4 is 29.2 Å². The number of carbonyl (C=O) groups is 1. The maximum absolute atomic E-state index is 11.3. The summed E-state index contributed by atoms with van der Waals surface area (Å²) < 4.78 is 4.59. The first-order valence-electron chi connectivity index (χ1n) is 4.03. The third kappa shape index (κ3) is 2.20. The largest absolute Gasteiger partial charge is 0.465 e. The molecular weight excluding hydrogens is 223 g/mol. The van der Waals surface area contributed by atoms with Crippen molar-refractivity contribution in [3.05, 3.63) is 33.8 Å². The molecule has 0 saturated heterocycles. The number of methoxy groups -OCH3 is 1. The van der Waals surface area contributed by atoms with Crippen molar-refractivity contribution in [1.82, 2.24) is 0 Å². The van der Waals surface area contributed by atoms with Gasteiger partial charge >= 0.3 is 5.97 Å². The van der Waals surface area contributed by atoms with E-state index in [-0.39, 0.29) is 0 Å². The number of benzene rings is 1. The monoisotopic (exact) mass is 232 g/mol. The van der Waals surface area contributed by atoms with Gasteiger partial charge in [-0.2, -0.15) is 0 Å². The van der Waals surface area contributed by atoms with Crippen LogP contribution in [0.25, 0.3) is 0 Å². The highest BCUT2D eigenvalue weighted by Crippen LogP contribution is 2.23. The summed E-state index contributed by atoms with van der Waals surface area (Å²) in [5, 5.41) is 0.392. The third-order valence-electron chi connectivity index (χ3n) is 1.97. The maximum atomic E-state index is 11.3. The molecule has 0 fully saturated rings. The Balaban J connectivity index is 3.24. The molecule has 0 radical (unpaired) electrons. The molecule has 0 heterocycles. The van der Waals surface area contributed by atoms with Gasteiger partial charge in [-0.15, -0.1) is 11.6 Å². The molecule has 1 rings (SSSR count). The van der Waals surface area contributed by atoms with Gasteiger partial charge in [-0.1, -0.05) is 11.6 Å². The Hall–Kier alpha value is -0.730. The normalized spacial score (nSPS) is 10.0. The summed E-state index contributed by atoms with van der Waals surface area (Å²) >= 11 is 11.6. The maximum Gasteiger partial charge on any atom is 0.339 e. The van der Waals surface area contributed by atoms with Gasteiger partial charge in [-0.25, -0.2) is 4.79 Å². The summed E-state index contributed by atoms with van der Waals surface area (Å²) in [7, 11) is 1.32. The summed E-state index contributed by atoms with van der Waals surface area (Å²) in [6, 6.07) is 3.38. The Morgan fingerprint density at radius 2 is 2.14 bits per heavy atom. The lowest BCUT2D eigenvalue weighted by Crippen LogP contribution is -2.03. The van der Waals surface area contributed by atoms with Gasteiger partial charge in [0.15, 0.2) is 0 Å². The first-order valence-corrected chi connectivity index (χ1v) is 4.94. The highest BCUT2D eigenvalue weighted by atomic mass is 35.5. The molecule has 76 valence electrons. The fraction of sp³-hybridized carbons (Fsp3) is 0.300. The highest BCUT2D eigenvalue weighted by Gasteiger charge is 2.12. The fourth-order valence-electron chi connectivity index (χ4n) is 1.13. The number of halogens is 2. The van der Waals surface area contributed by atoms with Crippen LogP contribution in [0.4, 0.5) is 0 Å². The molecule has 0 unspecified atom stereocenters. The molecule has 0 aliphatic heterocycles. The van der Waals surface area contributed by atoms with E-state index in [0.717, 1.165) is 11.1 Å². The second-order valence-electron chi connectivity index (χ2n) is 2.88. The van der Waals surface area contributed by atoms with E-state index in [0.29, 0.717) is 16.5 Å². The molecule has 0 N–H and O–H groups in total. The fourth-order valence-corrected chi connectivity index (χ4v) is 1.71. The van der Waals surface area contributed by atoms with Gasteiger partial charge < -0.3 is 4.74 Å². The first-order chi connectivity index (χ1) is 6.60. The predicted molar refractivity (Wildman–Crippen MR) is 57.1 cm³/mol. The van der Waals surface area contributed by atoms with E-state index in [1.54, 1.807) is 12.1 Å². The van der Waals surface area contributed by atoms with E-state index >= 15 is 0 Å². The van der Waals surface area contributed by atoms with Crippen molar-refractivity contribution in [2.75, 3.05) is 7.11 Å². The van der Waals surface area contributed by atoms with Crippen molar-refractivity contribution in [3.8, 4) is 0 Å². The topological polar surface area (TPSA) is 26.3 Å². The minimum Gasteiger partial charge on any atom is -0.465 e. The average molecular weight is 233 g/mol. The zero-order valence-corrected chi connectivity index (χ0v) is 9.45. The van der Waals surface area contributed by atoms with Gasteiger partial charge in [0.25, 0.3) is 0 Å². The Labute approximate surface area is 92.8 Å². The summed E-state index contributed by atoms with van der Waals surface area (Å²) in [4.78, 5) is 11.3. The molecule has 4 heteroatoms. The van der Waals surface area contributed by atoms with Crippen molar-refractivity contribution in [1.29, 1.82) is 0 Å². The van der Waals surface area contributed by atoms with Crippen molar-refractivity contribution in [2.45, 2.75) is 12.8 Å². The summed E-state index contributed by atoms with van der Waals surface area (Å²) in [5.41, 5.74) is 2.21. The predicted octanol–water partition coefficient (Wildman–Crippen LogP) is 3.17. The van der Waals surface area contributed by atoms with E-state index in [1.165, 1.54) is 7.11 Å². The average Bonchev–Trinajstić information content (AvgIpc) is 2.17. The quantitative estimate of drug-likeness (QED) is 0.579. The zero-order valence-electron chi connectivity index (χ0n) is 7.93. The summed E-state index contributed by atoms with van der Waals surface area (Å²) in [5.74, 6) is -0.0890. The molecule has 0 aliphatic rings. The number of hydrogen-bond acceptors (Lipinski definition) is 2. The van der Waals surface area contributed by atoms with Gasteiger partial charge in [0.1, 0.15) is 0 Å². The van der Waals surface area contributed by atoms with Crippen LogP contribution < -0.4 is 0 Å². The van der Waals surface area contributed by atoms with E-state index in [4.69, 9.17) is 23.2 Å². The van der Waals surface area contributed by atoms with Crippen molar-refractivity contribution in [2.24, 2.45) is 0 Å². The molecule has 0 saturated carbocycles. The highest BCUT2D eigenvalue weighted by molar-refractivity contribution is 6.33. The number of esters is 1. The molecule has 0 aliphatic carbocycles. The van der Waals surface area contributed by atoms with Gasteiger partial charge in [0.2, 0.25) is 0 Å². The molecule has 0 aromatic heterocycles. The second-order valence-corrected chi connectivity index (χ2v) is 3.56. The molecule has 0 atom stereocenters. The van der Waals surface area contributed by atoms with Gasteiger partial charge in [-0.05, 0) is 30.2 Å². The van der Waals surface area contributed by atoms with E-state index in [9.17, 15) is 4.79 Å². The Morgan fingerprint density at radius 3 is 2.64 bits per heavy atom. The van der Waals surface area contributed by atoms with Crippen LogP contribution in [0.5, 0.6) is 0 Å². The number of alkyl halides is 1. The van der Waals surface area contributed by atoms with Gasteiger partial charge in [0, 0.05) is 5.88 Å². The lowest BCUT2D eigenvalue weighted by atomic mass is 10.1. The Kier molecular flexibility index (Phi) is 3.78. The standard InChI is InChI=1S/C10H10Cl2O2/c1-6-3-9(12)8(10(13)14-2)4-7(6)5-11/h3-4H,5H2,1-2H3. The van der Waals surface area contributed by atoms with Crippen LogP contribution in [-0.4, -0.2) is 13.1 Å². The van der Waals surface area contributed by atoms with Gasteiger partial charge in [0.05, 0.1) is 17.7 Å². The lowest BCUT2D eigenvalue weighted by molar-refractivity contribution is 0.0601. The van der Waals surface area contributed by atoms with Crippen LogP contribution in [0.1, 0.15) is 21.5 Å². The van der Waals surface area contributed by atoms with Gasteiger partial charge in [-0.3, -0.25) is 0 Å². The van der Waals surface area contributed by atoms with E-state index in [2.05, 4.69) is 4.74 Å². The number of rotatable bonds is 2. The summed E-state index contributed by atoms with van der Waals surface area (Å²) in [6.07, 6.45) is 0. The number of hydrogen-bond donors (Lipinski definition) is 0. The third-order valence-corrected chi connectivity index (χ3v) is 2.58. The Morgan fingerprint density at radius 1 is 1.50 bits per heavy atom. The van der Waals surface area contributed by atoms with Crippen LogP contribution in [0.2, 0.25) is 5.02 Å². The van der Waals surface area contributed by atoms with Crippen LogP contribution in [-0.2, 0) is 10.6 Å². The zero-order chi connectivity index (χ0) is 10.7. The smallest absolute Gasteiger partial charge is 0.339 e. The molecule has 1 aromatic carbocycles. The molecule has 14 heavy (non-hydrogen) atoms. The molecule has 0 spiro atoms. The van der Waals surface area contributed by atoms with Crippen molar-refractivity contribution in [3.63, 3.8) is 0 Å². The number of ether oxygens (including phenoxy) is 1. The van der Waals surface area contributed by atoms with Crippen LogP contribution >= 0.6 is 23.2 Å².